The molecule has 0 atom stereocenters. The maximum Gasteiger partial charge on any atom is 0.287 e. The Balaban J connectivity index is 2.67. The Labute approximate surface area is 92.0 Å². The molecular weight excluding hydrogens is 207 g/mol. The van der Waals surface area contributed by atoms with Gasteiger partial charge in [-0.25, -0.2) is 4.98 Å². The van der Waals surface area contributed by atoms with Crippen molar-refractivity contribution >= 4 is 0 Å². The van der Waals surface area contributed by atoms with Crippen molar-refractivity contribution in [2.24, 2.45) is 0 Å². The van der Waals surface area contributed by atoms with Gasteiger partial charge in [0.1, 0.15) is 5.82 Å². The van der Waals surface area contributed by atoms with E-state index < -0.39 is 11.4 Å². The predicted octanol–water partition coefficient (Wildman–Crippen LogP) is 2.19. The molecule has 1 aromatic carbocycles. The molecule has 16 heavy (non-hydrogen) atoms. The van der Waals surface area contributed by atoms with E-state index in [0.717, 1.165) is 11.1 Å². The summed E-state index contributed by atoms with van der Waals surface area (Å²) in [6.07, 6.45) is 0. The summed E-state index contributed by atoms with van der Waals surface area (Å²) in [5.41, 5.74) is 1.17. The van der Waals surface area contributed by atoms with Crippen LogP contribution in [0.2, 0.25) is 0 Å². The summed E-state index contributed by atoms with van der Waals surface area (Å²) in [4.78, 5) is 17.7. The highest BCUT2D eigenvalue weighted by atomic mass is 19.1. The molecule has 0 aliphatic rings. The first kappa shape index (κ1) is 10.5. The van der Waals surface area contributed by atoms with Gasteiger partial charge in [-0.05, 0) is 19.4 Å². The van der Waals surface area contributed by atoms with Crippen molar-refractivity contribution in [1.82, 2.24) is 9.97 Å². The Bertz CT molecular complexity index is 590. The fourth-order valence-electron chi connectivity index (χ4n) is 1.54. The van der Waals surface area contributed by atoms with Crippen LogP contribution >= 0.6 is 0 Å². The van der Waals surface area contributed by atoms with Crippen LogP contribution in [-0.2, 0) is 0 Å². The highest BCUT2D eigenvalue weighted by Gasteiger charge is 2.09. The summed E-state index contributed by atoms with van der Waals surface area (Å²) >= 11 is 0. The van der Waals surface area contributed by atoms with Crippen molar-refractivity contribution in [3.63, 3.8) is 0 Å². The normalized spacial score (nSPS) is 10.4. The molecule has 82 valence electrons. The summed E-state index contributed by atoms with van der Waals surface area (Å²) in [6, 6.07) is 7.49. The second-order valence-corrected chi connectivity index (χ2v) is 3.63. The first-order valence-electron chi connectivity index (χ1n) is 4.92. The topological polar surface area (TPSA) is 45.8 Å². The number of aryl methyl sites for hydroxylation is 2. The van der Waals surface area contributed by atoms with Crippen molar-refractivity contribution in [3.05, 3.63) is 51.7 Å². The van der Waals surface area contributed by atoms with E-state index in [-0.39, 0.29) is 5.69 Å². The summed E-state index contributed by atoms with van der Waals surface area (Å²) in [7, 11) is 0. The number of rotatable bonds is 1. The van der Waals surface area contributed by atoms with Crippen molar-refractivity contribution < 1.29 is 4.39 Å². The van der Waals surface area contributed by atoms with Gasteiger partial charge in [-0.2, -0.15) is 4.39 Å². The van der Waals surface area contributed by atoms with Crippen LogP contribution in [0.15, 0.2) is 29.1 Å². The molecule has 0 aliphatic carbocycles. The third-order valence-corrected chi connectivity index (χ3v) is 2.43. The summed E-state index contributed by atoms with van der Waals surface area (Å²) < 4.78 is 13.1. The highest BCUT2D eigenvalue weighted by molar-refractivity contribution is 5.59. The number of benzene rings is 1. The Morgan fingerprint density at radius 1 is 1.25 bits per heavy atom. The van der Waals surface area contributed by atoms with Crippen molar-refractivity contribution in [1.29, 1.82) is 0 Å². The first-order chi connectivity index (χ1) is 7.59. The second kappa shape index (κ2) is 3.89. The van der Waals surface area contributed by atoms with Crippen LogP contribution in [0.3, 0.4) is 0 Å². The molecule has 2 aromatic rings. The highest BCUT2D eigenvalue weighted by Crippen LogP contribution is 2.18. The SMILES string of the molecule is Cc1ccccc1-c1nc(C)c(F)c(=O)[nH]1. The zero-order valence-electron chi connectivity index (χ0n) is 9.04. The number of hydrogen-bond donors (Lipinski definition) is 1. The molecule has 0 saturated heterocycles. The van der Waals surface area contributed by atoms with E-state index in [1.807, 2.05) is 31.2 Å². The van der Waals surface area contributed by atoms with Gasteiger partial charge in [-0.15, -0.1) is 0 Å². The number of halogens is 1. The summed E-state index contributed by atoms with van der Waals surface area (Å²) in [5, 5.41) is 0. The largest absolute Gasteiger partial charge is 0.304 e. The molecule has 1 N–H and O–H groups in total. The van der Waals surface area contributed by atoms with Crippen LogP contribution in [0.5, 0.6) is 0 Å². The lowest BCUT2D eigenvalue weighted by molar-refractivity contribution is 0.589. The van der Waals surface area contributed by atoms with E-state index >= 15 is 0 Å². The Morgan fingerprint density at radius 3 is 2.56 bits per heavy atom. The van der Waals surface area contributed by atoms with Gasteiger partial charge in [0.2, 0.25) is 5.82 Å². The van der Waals surface area contributed by atoms with Crippen LogP contribution in [0.4, 0.5) is 4.39 Å². The smallest absolute Gasteiger partial charge is 0.287 e. The molecular formula is C12H11FN2O. The lowest BCUT2D eigenvalue weighted by atomic mass is 10.1. The van der Waals surface area contributed by atoms with E-state index in [1.54, 1.807) is 0 Å². The van der Waals surface area contributed by atoms with Gasteiger partial charge >= 0.3 is 0 Å². The average Bonchev–Trinajstić information content (AvgIpc) is 2.26. The Kier molecular flexibility index (Phi) is 2.56. The van der Waals surface area contributed by atoms with Gasteiger partial charge in [0.05, 0.1) is 5.69 Å². The first-order valence-corrected chi connectivity index (χ1v) is 4.92. The zero-order chi connectivity index (χ0) is 11.7. The molecule has 2 rings (SSSR count). The minimum atomic E-state index is -0.822. The molecule has 0 radical (unpaired) electrons. The van der Waals surface area contributed by atoms with E-state index in [2.05, 4.69) is 9.97 Å². The molecule has 0 fully saturated rings. The number of aromatic nitrogens is 2. The van der Waals surface area contributed by atoms with Gasteiger partial charge in [0.15, 0.2) is 0 Å². The third kappa shape index (κ3) is 1.74. The number of hydrogen-bond acceptors (Lipinski definition) is 2. The maximum absolute atomic E-state index is 13.1. The Morgan fingerprint density at radius 2 is 1.94 bits per heavy atom. The molecule has 0 saturated carbocycles. The lowest BCUT2D eigenvalue weighted by Crippen LogP contribution is -2.15. The fraction of sp³-hybridized carbons (Fsp3) is 0.167. The fourth-order valence-corrected chi connectivity index (χ4v) is 1.54. The van der Waals surface area contributed by atoms with Gasteiger partial charge in [-0.1, -0.05) is 24.3 Å². The molecule has 0 amide bonds. The number of aromatic amines is 1. The standard InChI is InChI=1S/C12H11FN2O/c1-7-5-3-4-6-9(7)11-14-8(2)10(13)12(16)15-11/h3-6H,1-2H3,(H,14,15,16). The quantitative estimate of drug-likeness (QED) is 0.797. The van der Waals surface area contributed by atoms with E-state index in [9.17, 15) is 9.18 Å². The Hall–Kier alpha value is -1.97. The number of nitrogens with one attached hydrogen (secondary N) is 1. The predicted molar refractivity (Wildman–Crippen MR) is 59.7 cm³/mol. The number of H-pyrrole nitrogens is 1. The van der Waals surface area contributed by atoms with Gasteiger partial charge < -0.3 is 4.98 Å². The molecule has 1 aromatic heterocycles. The molecule has 1 heterocycles. The van der Waals surface area contributed by atoms with Gasteiger partial charge in [-0.3, -0.25) is 4.79 Å². The molecule has 0 aliphatic heterocycles. The minimum absolute atomic E-state index is 0.113. The van der Waals surface area contributed by atoms with Crippen LogP contribution in [0.25, 0.3) is 11.4 Å². The minimum Gasteiger partial charge on any atom is -0.304 e. The third-order valence-electron chi connectivity index (χ3n) is 2.43. The van der Waals surface area contributed by atoms with E-state index in [1.165, 1.54) is 6.92 Å². The molecule has 3 nitrogen and oxygen atoms in total. The maximum atomic E-state index is 13.1. The van der Waals surface area contributed by atoms with Crippen LogP contribution < -0.4 is 5.56 Å². The van der Waals surface area contributed by atoms with Gasteiger partial charge in [0.25, 0.3) is 5.56 Å². The van der Waals surface area contributed by atoms with Crippen LogP contribution in [-0.4, -0.2) is 9.97 Å². The second-order valence-electron chi connectivity index (χ2n) is 3.63. The monoisotopic (exact) mass is 218 g/mol. The van der Waals surface area contributed by atoms with Crippen molar-refractivity contribution in [2.75, 3.05) is 0 Å². The molecule has 4 heteroatoms. The van der Waals surface area contributed by atoms with Gasteiger partial charge in [0, 0.05) is 5.56 Å². The zero-order valence-corrected chi connectivity index (χ0v) is 9.04. The molecule has 0 unspecified atom stereocenters. The van der Waals surface area contributed by atoms with Crippen molar-refractivity contribution in [2.45, 2.75) is 13.8 Å². The molecule has 0 spiro atoms. The van der Waals surface area contributed by atoms with E-state index in [0.29, 0.717) is 5.82 Å². The van der Waals surface area contributed by atoms with Crippen molar-refractivity contribution in [3.8, 4) is 11.4 Å². The number of nitrogens with zero attached hydrogens (tertiary/aromatic N) is 1. The van der Waals surface area contributed by atoms with Crippen LogP contribution in [0.1, 0.15) is 11.3 Å². The summed E-state index contributed by atoms with van der Waals surface area (Å²) in [6.45, 7) is 3.39. The average molecular weight is 218 g/mol. The summed E-state index contributed by atoms with van der Waals surface area (Å²) in [5.74, 6) is -0.417. The lowest BCUT2D eigenvalue weighted by Gasteiger charge is -2.05. The molecule has 0 bridgehead atoms. The van der Waals surface area contributed by atoms with E-state index in [4.69, 9.17) is 0 Å². The van der Waals surface area contributed by atoms with Crippen LogP contribution in [0, 0.1) is 19.7 Å².